The number of esters is 1. The summed E-state index contributed by atoms with van der Waals surface area (Å²) in [5.74, 6) is -4.12. The number of nitrogens with two attached hydrogens (primary N) is 3. The Morgan fingerprint density at radius 2 is 2.04 bits per heavy atom. The number of primary amides is 1. The van der Waals surface area contributed by atoms with Gasteiger partial charge in [0.15, 0.2) is 17.6 Å². The molecule has 0 aromatic rings. The zero-order valence-electron chi connectivity index (χ0n) is 14.7. The second-order valence-electron chi connectivity index (χ2n) is 6.58. The number of hydrogen-bond donors (Lipinski definition) is 6. The van der Waals surface area contributed by atoms with Gasteiger partial charge in [-0.15, -0.1) is 0 Å². The maximum atomic E-state index is 11.9. The van der Waals surface area contributed by atoms with Crippen LogP contribution in [0.25, 0.3) is 0 Å². The predicted octanol–water partition coefficient (Wildman–Crippen LogP) is -3.67. The molecule has 0 aromatic heterocycles. The number of nitrogens with one attached hydrogen (secondary N) is 1. The fourth-order valence-electron chi connectivity index (χ4n) is 3.96. The summed E-state index contributed by atoms with van der Waals surface area (Å²) >= 11 is 0. The quantitative estimate of drug-likeness (QED) is 0.201. The zero-order chi connectivity index (χ0) is 20.0. The van der Waals surface area contributed by atoms with Crippen molar-refractivity contribution in [2.75, 3.05) is 19.8 Å². The maximum absolute atomic E-state index is 11.9. The molecule has 0 bridgehead atoms. The third-order valence-corrected chi connectivity index (χ3v) is 5.04. The largest absolute Gasteiger partial charge is 0.466 e. The number of ether oxygens (including phenoxy) is 2. The molecule has 3 heterocycles. The first-order chi connectivity index (χ1) is 12.6. The summed E-state index contributed by atoms with van der Waals surface area (Å²) in [6, 6.07) is -1.81. The number of carbonyl (C=O) groups excluding carboxylic acids is 2. The zero-order valence-corrected chi connectivity index (χ0v) is 14.7. The number of nitrogens with zero attached hydrogens (tertiary/aromatic N) is 3. The molecule has 9 N–H and O–H groups in total. The van der Waals surface area contributed by atoms with Gasteiger partial charge >= 0.3 is 12.1 Å². The van der Waals surface area contributed by atoms with Crippen molar-refractivity contribution in [3.05, 3.63) is 0 Å². The van der Waals surface area contributed by atoms with E-state index in [-0.39, 0.29) is 38.1 Å². The van der Waals surface area contributed by atoms with Crippen molar-refractivity contribution in [1.82, 2.24) is 10.2 Å². The van der Waals surface area contributed by atoms with Gasteiger partial charge in [-0.2, -0.15) is 0 Å². The number of amides is 1. The van der Waals surface area contributed by atoms with Crippen molar-refractivity contribution in [3.63, 3.8) is 0 Å². The van der Waals surface area contributed by atoms with Crippen LogP contribution in [0.1, 0.15) is 13.3 Å². The average Bonchev–Trinajstić information content (AvgIpc) is 3.02. The lowest BCUT2D eigenvalue weighted by Crippen LogP contribution is -2.77. The van der Waals surface area contributed by atoms with Gasteiger partial charge in [-0.1, -0.05) is 0 Å². The summed E-state index contributed by atoms with van der Waals surface area (Å²) in [5.41, 5.74) is 15.1. The Kier molecular flexibility index (Phi) is 4.51. The molecular formula is C14H23N7O6. The van der Waals surface area contributed by atoms with Crippen LogP contribution in [0.15, 0.2) is 9.98 Å². The van der Waals surface area contributed by atoms with Crippen molar-refractivity contribution >= 4 is 24.0 Å². The Hall–Kier alpha value is -2.80. The van der Waals surface area contributed by atoms with Gasteiger partial charge < -0.3 is 47.1 Å². The van der Waals surface area contributed by atoms with Crippen molar-refractivity contribution in [2.24, 2.45) is 33.1 Å². The molecule has 0 aliphatic carbocycles. The summed E-state index contributed by atoms with van der Waals surface area (Å²) in [6.45, 7) is 1.53. The normalized spacial score (nSPS) is 33.3. The molecule has 150 valence electrons. The number of guanidine groups is 2. The van der Waals surface area contributed by atoms with Crippen LogP contribution >= 0.6 is 0 Å². The molecule has 1 fully saturated rings. The van der Waals surface area contributed by atoms with Gasteiger partial charge in [0.25, 0.3) is 0 Å². The summed E-state index contributed by atoms with van der Waals surface area (Å²) < 4.78 is 9.70. The molecule has 1 spiro atoms. The highest BCUT2D eigenvalue weighted by Gasteiger charge is 2.73. The SMILES string of the molecule is CCOC(=O)CC1CN2C(N)=N[C@@H](COC(N)=O)[C@@H]3N=C(N)N[C@@]32C1(O)O. The van der Waals surface area contributed by atoms with Crippen LogP contribution in [0.3, 0.4) is 0 Å². The summed E-state index contributed by atoms with van der Waals surface area (Å²) in [5, 5.41) is 24.8. The van der Waals surface area contributed by atoms with E-state index in [2.05, 4.69) is 15.3 Å². The van der Waals surface area contributed by atoms with Gasteiger partial charge in [-0.25, -0.2) is 14.8 Å². The third-order valence-electron chi connectivity index (χ3n) is 5.04. The fourth-order valence-corrected chi connectivity index (χ4v) is 3.96. The van der Waals surface area contributed by atoms with Crippen molar-refractivity contribution in [3.8, 4) is 0 Å². The van der Waals surface area contributed by atoms with E-state index in [1.54, 1.807) is 6.92 Å². The molecule has 27 heavy (non-hydrogen) atoms. The van der Waals surface area contributed by atoms with E-state index in [4.69, 9.17) is 26.7 Å². The van der Waals surface area contributed by atoms with Crippen molar-refractivity contribution < 1.29 is 29.3 Å². The van der Waals surface area contributed by atoms with Crippen LogP contribution in [-0.4, -0.2) is 82.4 Å². The fraction of sp³-hybridized carbons (Fsp3) is 0.714. The first kappa shape index (κ1) is 19.0. The smallest absolute Gasteiger partial charge is 0.404 e. The van der Waals surface area contributed by atoms with Gasteiger partial charge in [0.05, 0.1) is 13.0 Å². The molecule has 1 saturated heterocycles. The standard InChI is InChI=1S/C14H23N7O6/c1-2-26-8(22)3-6-4-21-11(16)18-7(5-27-12(17)23)9-13(21,14(6,24)25)20-10(15)19-9/h6-7,9,24-25H,2-5H2,1H3,(H2,16,18)(H2,17,23)(H3,15,19,20)/t6?,7-,9-,13-/m0/s1. The Bertz CT molecular complexity index is 710. The van der Waals surface area contributed by atoms with E-state index < -0.39 is 41.5 Å². The minimum atomic E-state index is -2.47. The van der Waals surface area contributed by atoms with Crippen LogP contribution in [-0.2, 0) is 14.3 Å². The van der Waals surface area contributed by atoms with E-state index in [0.717, 1.165) is 0 Å². The number of aliphatic imine (C=N–C) groups is 2. The van der Waals surface area contributed by atoms with E-state index in [0.29, 0.717) is 0 Å². The van der Waals surface area contributed by atoms with E-state index in [9.17, 15) is 19.8 Å². The van der Waals surface area contributed by atoms with Crippen LogP contribution in [0.2, 0.25) is 0 Å². The van der Waals surface area contributed by atoms with E-state index >= 15 is 0 Å². The molecule has 0 radical (unpaired) electrons. The lowest BCUT2D eigenvalue weighted by atomic mass is 9.82. The van der Waals surface area contributed by atoms with E-state index in [1.165, 1.54) is 4.90 Å². The second kappa shape index (κ2) is 6.42. The molecule has 13 nitrogen and oxygen atoms in total. The number of hydrogen-bond acceptors (Lipinski definition) is 12. The number of carbonyl (C=O) groups is 2. The highest BCUT2D eigenvalue weighted by atomic mass is 16.5. The first-order valence-electron chi connectivity index (χ1n) is 8.38. The summed E-state index contributed by atoms with van der Waals surface area (Å²) in [7, 11) is 0. The second-order valence-corrected chi connectivity index (χ2v) is 6.58. The average molecular weight is 385 g/mol. The molecule has 3 aliphatic heterocycles. The molecular weight excluding hydrogens is 362 g/mol. The van der Waals surface area contributed by atoms with E-state index in [1.807, 2.05) is 0 Å². The summed E-state index contributed by atoms with van der Waals surface area (Å²) in [6.07, 6.45) is -1.28. The number of rotatable bonds is 5. The highest BCUT2D eigenvalue weighted by molar-refractivity contribution is 5.87. The van der Waals surface area contributed by atoms with Crippen LogP contribution in [0.5, 0.6) is 0 Å². The molecule has 3 aliphatic rings. The van der Waals surface area contributed by atoms with Gasteiger partial charge in [-0.05, 0) is 6.92 Å². The van der Waals surface area contributed by atoms with Crippen molar-refractivity contribution in [1.29, 1.82) is 0 Å². The Morgan fingerprint density at radius 3 is 2.67 bits per heavy atom. The number of aliphatic hydroxyl groups is 2. The Morgan fingerprint density at radius 1 is 1.33 bits per heavy atom. The lowest BCUT2D eigenvalue weighted by molar-refractivity contribution is -0.244. The molecule has 0 saturated carbocycles. The summed E-state index contributed by atoms with van der Waals surface area (Å²) in [4.78, 5) is 32.7. The molecule has 4 atom stereocenters. The highest BCUT2D eigenvalue weighted by Crippen LogP contribution is 2.48. The van der Waals surface area contributed by atoms with Gasteiger partial charge in [0.2, 0.25) is 5.79 Å². The molecule has 1 amide bonds. The van der Waals surface area contributed by atoms with Crippen LogP contribution < -0.4 is 22.5 Å². The molecule has 0 aromatic carbocycles. The monoisotopic (exact) mass is 385 g/mol. The minimum absolute atomic E-state index is 0.00313. The minimum Gasteiger partial charge on any atom is -0.466 e. The van der Waals surface area contributed by atoms with Crippen molar-refractivity contribution in [2.45, 2.75) is 36.9 Å². The van der Waals surface area contributed by atoms with Gasteiger partial charge in [0.1, 0.15) is 18.7 Å². The Balaban J connectivity index is 1.96. The Labute approximate surface area is 154 Å². The molecule has 3 rings (SSSR count). The van der Waals surface area contributed by atoms with Gasteiger partial charge in [-0.3, -0.25) is 4.79 Å². The predicted molar refractivity (Wildman–Crippen MR) is 90.8 cm³/mol. The van der Waals surface area contributed by atoms with Gasteiger partial charge in [0, 0.05) is 12.5 Å². The molecule has 13 heteroatoms. The molecule has 1 unspecified atom stereocenters. The first-order valence-corrected chi connectivity index (χ1v) is 8.38. The lowest BCUT2D eigenvalue weighted by Gasteiger charge is -2.49. The van der Waals surface area contributed by atoms with Crippen LogP contribution in [0, 0.1) is 5.92 Å². The third kappa shape index (κ3) is 2.78. The topological polar surface area (TPSA) is 211 Å². The maximum Gasteiger partial charge on any atom is 0.404 e. The van der Waals surface area contributed by atoms with Crippen LogP contribution in [0.4, 0.5) is 4.79 Å².